The van der Waals surface area contributed by atoms with E-state index in [2.05, 4.69) is 0 Å². The molecule has 0 aromatic heterocycles. The van der Waals surface area contributed by atoms with Crippen LogP contribution in [0.4, 0.5) is 18.9 Å². The molecule has 0 saturated heterocycles. The van der Waals surface area contributed by atoms with Crippen LogP contribution < -0.4 is 4.90 Å². The molecule has 0 fully saturated rings. The average molecular weight is 340 g/mol. The zero-order chi connectivity index (χ0) is 16.8. The number of para-hydroxylation sites is 1. The summed E-state index contributed by atoms with van der Waals surface area (Å²) in [4.78, 5) is 13.7. The average Bonchev–Trinajstić information content (AvgIpc) is 2.72. The summed E-state index contributed by atoms with van der Waals surface area (Å²) < 4.78 is 42.1. The zero-order valence-electron chi connectivity index (χ0n) is 12.2. The van der Waals surface area contributed by atoms with E-state index >= 15 is 0 Å². The first-order valence-electron chi connectivity index (χ1n) is 6.97. The highest BCUT2D eigenvalue weighted by Crippen LogP contribution is 2.52. The second kappa shape index (κ2) is 5.27. The molecule has 0 saturated carbocycles. The van der Waals surface area contributed by atoms with E-state index in [1.165, 1.54) is 37.4 Å². The van der Waals surface area contributed by atoms with Gasteiger partial charge >= 0.3 is 6.18 Å². The number of likely N-dealkylation sites (N-methyl/N-ethyl adjacent to an activating group) is 1. The normalized spacial score (nSPS) is 20.7. The lowest BCUT2D eigenvalue weighted by atomic mass is 9.75. The number of nitrogens with zero attached hydrogens (tertiary/aromatic N) is 1. The molecule has 0 aliphatic carbocycles. The van der Waals surface area contributed by atoms with Crippen molar-refractivity contribution < 1.29 is 18.0 Å². The Hall–Kier alpha value is -2.01. The van der Waals surface area contributed by atoms with Crippen LogP contribution in [0.25, 0.3) is 0 Å². The van der Waals surface area contributed by atoms with Crippen molar-refractivity contribution in [1.29, 1.82) is 0 Å². The third kappa shape index (κ3) is 2.22. The van der Waals surface area contributed by atoms with Crippen molar-refractivity contribution in [3.05, 3.63) is 64.7 Å². The Morgan fingerprint density at radius 1 is 1.09 bits per heavy atom. The van der Waals surface area contributed by atoms with Gasteiger partial charge in [0.1, 0.15) is 0 Å². The number of hydrogen-bond donors (Lipinski definition) is 0. The molecule has 23 heavy (non-hydrogen) atoms. The number of rotatable bonds is 2. The molecule has 1 heterocycles. The Morgan fingerprint density at radius 3 is 2.35 bits per heavy atom. The predicted molar refractivity (Wildman–Crippen MR) is 82.7 cm³/mol. The third-order valence-corrected chi connectivity index (χ3v) is 4.66. The van der Waals surface area contributed by atoms with Crippen LogP contribution in [0.1, 0.15) is 11.1 Å². The quantitative estimate of drug-likeness (QED) is 0.796. The Labute approximate surface area is 136 Å². The summed E-state index contributed by atoms with van der Waals surface area (Å²) in [6, 6.07) is 12.3. The van der Waals surface area contributed by atoms with Crippen molar-refractivity contribution in [2.24, 2.45) is 0 Å². The van der Waals surface area contributed by atoms with E-state index in [-0.39, 0.29) is 16.3 Å². The number of amides is 1. The Balaban J connectivity index is 2.24. The largest absolute Gasteiger partial charge is 0.407 e. The minimum atomic E-state index is -4.73. The van der Waals surface area contributed by atoms with Crippen LogP contribution in [0.5, 0.6) is 0 Å². The van der Waals surface area contributed by atoms with Crippen molar-refractivity contribution in [2.45, 2.75) is 18.0 Å². The fraction of sp³-hybridized carbons (Fsp3) is 0.235. The molecule has 2 aromatic rings. The van der Waals surface area contributed by atoms with E-state index in [0.29, 0.717) is 5.56 Å². The van der Waals surface area contributed by atoms with Crippen LogP contribution in [0.3, 0.4) is 0 Å². The van der Waals surface area contributed by atoms with Crippen LogP contribution in [-0.2, 0) is 16.6 Å². The van der Waals surface area contributed by atoms with E-state index in [1.807, 2.05) is 0 Å². The standard InChI is InChI=1S/C17H13ClF3NO/c1-22-14-9-5-3-7-12(14)16(15(22)23,17(19,20)21)10-11-6-2-4-8-13(11)18/h2-9H,10H2,1H3. The Morgan fingerprint density at radius 2 is 1.70 bits per heavy atom. The molecule has 6 heteroatoms. The SMILES string of the molecule is CN1C(=O)C(Cc2ccccc2Cl)(C(F)(F)F)c2ccccc21. The molecule has 1 unspecified atom stereocenters. The van der Waals surface area contributed by atoms with Crippen LogP contribution in [-0.4, -0.2) is 19.1 Å². The van der Waals surface area contributed by atoms with Crippen LogP contribution in [0.15, 0.2) is 48.5 Å². The minimum Gasteiger partial charge on any atom is -0.314 e. The van der Waals surface area contributed by atoms with Crippen molar-refractivity contribution >= 4 is 23.2 Å². The zero-order valence-corrected chi connectivity index (χ0v) is 12.9. The Bertz CT molecular complexity index is 774. The lowest BCUT2D eigenvalue weighted by Crippen LogP contribution is -2.51. The summed E-state index contributed by atoms with van der Waals surface area (Å²) in [6.45, 7) is 0. The van der Waals surface area contributed by atoms with E-state index in [9.17, 15) is 18.0 Å². The maximum absolute atomic E-state index is 14.0. The number of hydrogen-bond acceptors (Lipinski definition) is 1. The summed E-state index contributed by atoms with van der Waals surface area (Å²) in [6.07, 6.45) is -5.25. The molecule has 0 N–H and O–H groups in total. The second-order valence-corrected chi connectivity index (χ2v) is 5.96. The molecule has 2 aromatic carbocycles. The van der Waals surface area contributed by atoms with Crippen LogP contribution in [0.2, 0.25) is 5.02 Å². The van der Waals surface area contributed by atoms with E-state index in [4.69, 9.17) is 11.6 Å². The fourth-order valence-corrected chi connectivity index (χ4v) is 3.31. The molecular weight excluding hydrogens is 327 g/mol. The number of anilines is 1. The fourth-order valence-electron chi connectivity index (χ4n) is 3.11. The van der Waals surface area contributed by atoms with Crippen LogP contribution in [0, 0.1) is 0 Å². The molecule has 120 valence electrons. The molecule has 0 radical (unpaired) electrons. The van der Waals surface area contributed by atoms with E-state index < -0.39 is 23.9 Å². The topological polar surface area (TPSA) is 20.3 Å². The highest BCUT2D eigenvalue weighted by molar-refractivity contribution is 6.31. The maximum Gasteiger partial charge on any atom is 0.407 e. The lowest BCUT2D eigenvalue weighted by molar-refractivity contribution is -0.191. The van der Waals surface area contributed by atoms with Crippen molar-refractivity contribution in [1.82, 2.24) is 0 Å². The summed E-state index contributed by atoms with van der Waals surface area (Å²) >= 11 is 6.03. The molecule has 3 rings (SSSR count). The van der Waals surface area contributed by atoms with Gasteiger partial charge in [0.2, 0.25) is 5.91 Å². The summed E-state index contributed by atoms with van der Waals surface area (Å²) in [7, 11) is 1.36. The van der Waals surface area contributed by atoms with Crippen molar-refractivity contribution in [3.63, 3.8) is 0 Å². The first-order valence-corrected chi connectivity index (χ1v) is 7.34. The predicted octanol–water partition coefficient (Wildman–Crippen LogP) is 4.36. The van der Waals surface area contributed by atoms with Gasteiger partial charge in [-0.25, -0.2) is 0 Å². The second-order valence-electron chi connectivity index (χ2n) is 5.55. The first-order chi connectivity index (χ1) is 10.8. The van der Waals surface area contributed by atoms with Crippen molar-refractivity contribution in [3.8, 4) is 0 Å². The van der Waals surface area contributed by atoms with Gasteiger partial charge in [0, 0.05) is 29.7 Å². The smallest absolute Gasteiger partial charge is 0.314 e. The van der Waals surface area contributed by atoms with Crippen molar-refractivity contribution in [2.75, 3.05) is 11.9 Å². The first kappa shape index (κ1) is 15.9. The number of carbonyl (C=O) groups excluding carboxylic acids is 1. The molecule has 2 nitrogen and oxygen atoms in total. The number of halogens is 4. The maximum atomic E-state index is 14.0. The molecule has 0 spiro atoms. The van der Waals surface area contributed by atoms with Gasteiger partial charge in [0.15, 0.2) is 5.41 Å². The summed E-state index contributed by atoms with van der Waals surface area (Å²) in [5.74, 6) is -0.980. The van der Waals surface area contributed by atoms with Gasteiger partial charge in [-0.05, 0) is 17.7 Å². The number of benzene rings is 2. The van der Waals surface area contributed by atoms with Gasteiger partial charge < -0.3 is 4.90 Å². The summed E-state index contributed by atoms with van der Waals surface area (Å²) in [5, 5.41) is 0.218. The minimum absolute atomic E-state index is 0.0279. The molecule has 1 aliphatic rings. The Kier molecular flexibility index (Phi) is 3.64. The highest BCUT2D eigenvalue weighted by Gasteiger charge is 2.66. The number of carbonyl (C=O) groups is 1. The van der Waals surface area contributed by atoms with Gasteiger partial charge in [-0.3, -0.25) is 4.79 Å². The lowest BCUT2D eigenvalue weighted by Gasteiger charge is -2.31. The van der Waals surface area contributed by atoms with E-state index in [1.54, 1.807) is 18.2 Å². The van der Waals surface area contributed by atoms with Gasteiger partial charge in [-0.15, -0.1) is 0 Å². The molecular formula is C17H13ClF3NO. The highest BCUT2D eigenvalue weighted by atomic mass is 35.5. The molecule has 1 atom stereocenters. The van der Waals surface area contributed by atoms with Gasteiger partial charge in [0.25, 0.3) is 0 Å². The van der Waals surface area contributed by atoms with E-state index in [0.717, 1.165) is 4.90 Å². The van der Waals surface area contributed by atoms with Gasteiger partial charge in [0.05, 0.1) is 0 Å². The molecule has 0 bridgehead atoms. The summed E-state index contributed by atoms with van der Waals surface area (Å²) in [5.41, 5.74) is -2.06. The van der Waals surface area contributed by atoms with Gasteiger partial charge in [-0.1, -0.05) is 48.0 Å². The van der Waals surface area contributed by atoms with Gasteiger partial charge in [-0.2, -0.15) is 13.2 Å². The molecule has 1 aliphatic heterocycles. The molecule has 1 amide bonds. The monoisotopic (exact) mass is 339 g/mol. The third-order valence-electron chi connectivity index (χ3n) is 4.29. The number of alkyl halides is 3. The number of fused-ring (bicyclic) bond motifs is 1. The van der Waals surface area contributed by atoms with Crippen LogP contribution >= 0.6 is 11.6 Å².